The highest BCUT2D eigenvalue weighted by Crippen LogP contribution is 2.22. The molecule has 1 aliphatic rings. The van der Waals surface area contributed by atoms with Crippen LogP contribution in [0.4, 0.5) is 0 Å². The summed E-state index contributed by atoms with van der Waals surface area (Å²) in [6.07, 6.45) is 7.33. The van der Waals surface area contributed by atoms with Gasteiger partial charge in [0.25, 0.3) is 0 Å². The van der Waals surface area contributed by atoms with Crippen molar-refractivity contribution in [2.24, 2.45) is 5.92 Å². The van der Waals surface area contributed by atoms with Crippen LogP contribution in [0.2, 0.25) is 0 Å². The Balaban J connectivity index is 2.15. The quantitative estimate of drug-likeness (QED) is 0.535. The number of rotatable bonds is 3. The Hall–Kier alpha value is -0.550. The third-order valence-corrected chi connectivity index (χ3v) is 2.93. The zero-order valence-corrected chi connectivity index (χ0v) is 8.55. The maximum Gasteiger partial charge on any atom is 0.0635 e. The first kappa shape index (κ1) is 10.5. The molecule has 0 amide bonds. The largest absolute Gasteiger partial charge is 0.313 e. The van der Waals surface area contributed by atoms with Crippen LogP contribution >= 0.6 is 0 Å². The van der Waals surface area contributed by atoms with Crippen LogP contribution in [0.15, 0.2) is 0 Å². The Labute approximate surface area is 81.3 Å². The molecule has 1 saturated carbocycles. The second-order valence-electron chi connectivity index (χ2n) is 4.17. The molecule has 2 nitrogen and oxygen atoms in total. The van der Waals surface area contributed by atoms with Crippen LogP contribution in [0.3, 0.4) is 0 Å². The molecule has 0 aromatic heterocycles. The third-order valence-electron chi connectivity index (χ3n) is 2.93. The predicted octanol–water partition coefficient (Wildman–Crippen LogP) is 2.46. The van der Waals surface area contributed by atoms with Gasteiger partial charge in [-0.05, 0) is 25.2 Å². The van der Waals surface area contributed by atoms with E-state index in [1.54, 1.807) is 0 Å². The molecule has 2 atom stereocenters. The van der Waals surface area contributed by atoms with Crippen molar-refractivity contribution in [3.8, 4) is 6.07 Å². The molecule has 2 unspecified atom stereocenters. The van der Waals surface area contributed by atoms with Gasteiger partial charge in [0.1, 0.15) is 0 Å². The molecule has 0 saturated heterocycles. The van der Waals surface area contributed by atoms with Crippen LogP contribution in [0.25, 0.3) is 0 Å². The van der Waals surface area contributed by atoms with Crippen molar-refractivity contribution in [1.82, 2.24) is 5.32 Å². The van der Waals surface area contributed by atoms with Crippen molar-refractivity contribution in [3.63, 3.8) is 0 Å². The fourth-order valence-corrected chi connectivity index (χ4v) is 2.02. The molecular formula is C11H20N2. The van der Waals surface area contributed by atoms with Gasteiger partial charge in [0.2, 0.25) is 0 Å². The summed E-state index contributed by atoms with van der Waals surface area (Å²) in [5.74, 6) is 0.905. The van der Waals surface area contributed by atoms with E-state index in [9.17, 15) is 0 Å². The Morgan fingerprint density at radius 1 is 1.31 bits per heavy atom. The Morgan fingerprint density at radius 2 is 2.15 bits per heavy atom. The maximum absolute atomic E-state index is 8.40. The van der Waals surface area contributed by atoms with E-state index < -0.39 is 0 Å². The Morgan fingerprint density at radius 3 is 2.92 bits per heavy atom. The van der Waals surface area contributed by atoms with E-state index in [1.807, 2.05) is 0 Å². The molecule has 0 aromatic rings. The van der Waals surface area contributed by atoms with Crippen molar-refractivity contribution in [1.29, 1.82) is 5.26 Å². The summed E-state index contributed by atoms with van der Waals surface area (Å²) < 4.78 is 0. The molecule has 0 aromatic carbocycles. The standard InChI is InChI=1S/C11H20N2/c1-10-4-2-5-11(7-6-10)13-9-3-8-12/h10-11,13H,2-7,9H2,1H3. The molecule has 1 aliphatic carbocycles. The first-order valence-corrected chi connectivity index (χ1v) is 5.43. The molecule has 74 valence electrons. The van der Waals surface area contributed by atoms with E-state index in [4.69, 9.17) is 5.26 Å². The van der Waals surface area contributed by atoms with Crippen LogP contribution in [0.5, 0.6) is 0 Å². The molecule has 0 aliphatic heterocycles. The smallest absolute Gasteiger partial charge is 0.0635 e. The first-order valence-electron chi connectivity index (χ1n) is 5.43. The summed E-state index contributed by atoms with van der Waals surface area (Å²) in [5, 5.41) is 11.9. The van der Waals surface area contributed by atoms with Crippen molar-refractivity contribution in [3.05, 3.63) is 0 Å². The summed E-state index contributed by atoms with van der Waals surface area (Å²) in [4.78, 5) is 0. The van der Waals surface area contributed by atoms with Crippen molar-refractivity contribution >= 4 is 0 Å². The molecule has 0 heterocycles. The topological polar surface area (TPSA) is 35.8 Å². The molecule has 1 N–H and O–H groups in total. The second kappa shape index (κ2) is 5.99. The molecule has 0 spiro atoms. The third kappa shape index (κ3) is 4.28. The molecule has 2 heteroatoms. The lowest BCUT2D eigenvalue weighted by atomic mass is 10.0. The molecule has 13 heavy (non-hydrogen) atoms. The van der Waals surface area contributed by atoms with Crippen LogP contribution in [-0.2, 0) is 0 Å². The summed E-state index contributed by atoms with van der Waals surface area (Å²) >= 11 is 0. The fraction of sp³-hybridized carbons (Fsp3) is 0.909. The lowest BCUT2D eigenvalue weighted by Gasteiger charge is -2.14. The van der Waals surface area contributed by atoms with Gasteiger partial charge in [-0.3, -0.25) is 0 Å². The number of nitrogens with zero attached hydrogens (tertiary/aromatic N) is 1. The highest BCUT2D eigenvalue weighted by atomic mass is 14.9. The van der Waals surface area contributed by atoms with Gasteiger partial charge in [0.15, 0.2) is 0 Å². The predicted molar refractivity (Wildman–Crippen MR) is 54.3 cm³/mol. The summed E-state index contributed by atoms with van der Waals surface area (Å²) in [5.41, 5.74) is 0. The fourth-order valence-electron chi connectivity index (χ4n) is 2.02. The monoisotopic (exact) mass is 180 g/mol. The van der Waals surface area contributed by atoms with Gasteiger partial charge in [0, 0.05) is 19.0 Å². The lowest BCUT2D eigenvalue weighted by molar-refractivity contribution is 0.453. The van der Waals surface area contributed by atoms with E-state index in [-0.39, 0.29) is 0 Å². The SMILES string of the molecule is CC1CCCC(NCCC#N)CC1. The van der Waals surface area contributed by atoms with E-state index in [0.717, 1.165) is 12.5 Å². The van der Waals surface area contributed by atoms with Gasteiger partial charge < -0.3 is 5.32 Å². The van der Waals surface area contributed by atoms with E-state index in [0.29, 0.717) is 12.5 Å². The van der Waals surface area contributed by atoms with Crippen LogP contribution in [0, 0.1) is 17.2 Å². The summed E-state index contributed by atoms with van der Waals surface area (Å²) in [6, 6.07) is 2.85. The van der Waals surface area contributed by atoms with Gasteiger partial charge in [-0.25, -0.2) is 0 Å². The minimum Gasteiger partial charge on any atom is -0.313 e. The van der Waals surface area contributed by atoms with E-state index in [2.05, 4.69) is 18.3 Å². The summed E-state index contributed by atoms with van der Waals surface area (Å²) in [7, 11) is 0. The molecule has 1 fully saturated rings. The second-order valence-corrected chi connectivity index (χ2v) is 4.17. The zero-order valence-electron chi connectivity index (χ0n) is 8.55. The average Bonchev–Trinajstić information content (AvgIpc) is 2.32. The van der Waals surface area contributed by atoms with E-state index >= 15 is 0 Å². The number of nitrogens with one attached hydrogen (secondary N) is 1. The molecule has 1 rings (SSSR count). The van der Waals surface area contributed by atoms with Crippen LogP contribution in [0.1, 0.15) is 45.4 Å². The van der Waals surface area contributed by atoms with E-state index in [1.165, 1.54) is 32.1 Å². The Bertz CT molecular complexity index is 171. The Kier molecular flexibility index (Phi) is 4.85. The van der Waals surface area contributed by atoms with Gasteiger partial charge >= 0.3 is 0 Å². The normalized spacial score (nSPS) is 29.2. The minimum atomic E-state index is 0.645. The summed E-state index contributed by atoms with van der Waals surface area (Å²) in [6.45, 7) is 3.22. The number of nitriles is 1. The molecule has 0 bridgehead atoms. The lowest BCUT2D eigenvalue weighted by Crippen LogP contribution is -2.29. The first-order chi connectivity index (χ1) is 6.33. The van der Waals surface area contributed by atoms with Crippen molar-refractivity contribution < 1.29 is 0 Å². The highest BCUT2D eigenvalue weighted by Gasteiger charge is 2.14. The van der Waals surface area contributed by atoms with Crippen molar-refractivity contribution in [2.75, 3.05) is 6.54 Å². The van der Waals surface area contributed by atoms with Gasteiger partial charge in [-0.15, -0.1) is 0 Å². The maximum atomic E-state index is 8.40. The number of hydrogen-bond acceptors (Lipinski definition) is 2. The van der Waals surface area contributed by atoms with Gasteiger partial charge in [-0.2, -0.15) is 5.26 Å². The van der Waals surface area contributed by atoms with Crippen molar-refractivity contribution in [2.45, 2.75) is 51.5 Å². The van der Waals surface area contributed by atoms with Crippen LogP contribution < -0.4 is 5.32 Å². The minimum absolute atomic E-state index is 0.645. The van der Waals surface area contributed by atoms with Gasteiger partial charge in [0.05, 0.1) is 6.07 Å². The highest BCUT2D eigenvalue weighted by molar-refractivity contribution is 4.76. The van der Waals surface area contributed by atoms with Gasteiger partial charge in [-0.1, -0.05) is 19.8 Å². The average molecular weight is 180 g/mol. The molecule has 0 radical (unpaired) electrons. The zero-order chi connectivity index (χ0) is 9.52. The molecular weight excluding hydrogens is 160 g/mol. The number of hydrogen-bond donors (Lipinski definition) is 1. The van der Waals surface area contributed by atoms with Crippen LogP contribution in [-0.4, -0.2) is 12.6 Å².